The molecule has 0 heterocycles. The molecule has 0 saturated heterocycles. The van der Waals surface area contributed by atoms with Crippen molar-refractivity contribution in [1.82, 2.24) is 10.2 Å². The van der Waals surface area contributed by atoms with Crippen LogP contribution >= 0.6 is 0 Å². The second kappa shape index (κ2) is 9.54. The van der Waals surface area contributed by atoms with Crippen molar-refractivity contribution in [1.29, 1.82) is 0 Å². The first-order valence-electron chi connectivity index (χ1n) is 10.3. The van der Waals surface area contributed by atoms with Gasteiger partial charge in [-0.1, -0.05) is 61.4 Å². The first kappa shape index (κ1) is 20.1. The van der Waals surface area contributed by atoms with Crippen molar-refractivity contribution in [3.05, 3.63) is 71.8 Å². The molecule has 0 aromatic heterocycles. The number of hydrogen-bond acceptors (Lipinski definition) is 2. The molecule has 148 valence electrons. The molecule has 1 aliphatic carbocycles. The number of carbonyl (C=O) groups excluding carboxylic acids is 2. The number of rotatable bonds is 7. The lowest BCUT2D eigenvalue weighted by Crippen LogP contribution is -2.45. The Morgan fingerprint density at radius 1 is 0.964 bits per heavy atom. The zero-order valence-electron chi connectivity index (χ0n) is 16.8. The minimum Gasteiger partial charge on any atom is -0.345 e. The van der Waals surface area contributed by atoms with Gasteiger partial charge in [-0.05, 0) is 44.4 Å². The SMILES string of the molecule is CC(C)N(C(=O)CC(NC(=O)c1ccccc1)c1ccccc1)C1CCCC1. The average molecular weight is 379 g/mol. The van der Waals surface area contributed by atoms with Gasteiger partial charge in [0.1, 0.15) is 0 Å². The third-order valence-electron chi connectivity index (χ3n) is 5.48. The van der Waals surface area contributed by atoms with Crippen molar-refractivity contribution >= 4 is 11.8 Å². The summed E-state index contributed by atoms with van der Waals surface area (Å²) in [6.07, 6.45) is 4.81. The minimum atomic E-state index is -0.343. The number of nitrogens with zero attached hydrogens (tertiary/aromatic N) is 1. The van der Waals surface area contributed by atoms with Crippen LogP contribution in [0.4, 0.5) is 0 Å². The van der Waals surface area contributed by atoms with E-state index >= 15 is 0 Å². The lowest BCUT2D eigenvalue weighted by molar-refractivity contribution is -0.136. The van der Waals surface area contributed by atoms with Crippen LogP contribution in [0.3, 0.4) is 0 Å². The van der Waals surface area contributed by atoms with Crippen molar-refractivity contribution < 1.29 is 9.59 Å². The number of benzene rings is 2. The molecule has 2 aromatic rings. The van der Waals surface area contributed by atoms with E-state index in [0.29, 0.717) is 11.6 Å². The quantitative estimate of drug-likeness (QED) is 0.757. The van der Waals surface area contributed by atoms with E-state index in [2.05, 4.69) is 19.2 Å². The van der Waals surface area contributed by atoms with Gasteiger partial charge in [0, 0.05) is 17.6 Å². The molecule has 3 rings (SSSR count). The Morgan fingerprint density at radius 2 is 1.54 bits per heavy atom. The van der Waals surface area contributed by atoms with E-state index < -0.39 is 0 Å². The summed E-state index contributed by atoms with van der Waals surface area (Å²) in [4.78, 5) is 28.0. The molecule has 28 heavy (non-hydrogen) atoms. The molecule has 1 atom stereocenters. The Hall–Kier alpha value is -2.62. The Labute approximate surface area is 167 Å². The third-order valence-corrected chi connectivity index (χ3v) is 5.48. The van der Waals surface area contributed by atoms with E-state index in [1.807, 2.05) is 53.4 Å². The fourth-order valence-electron chi connectivity index (χ4n) is 4.14. The summed E-state index contributed by atoms with van der Waals surface area (Å²) in [6, 6.07) is 19.1. The fourth-order valence-corrected chi connectivity index (χ4v) is 4.14. The van der Waals surface area contributed by atoms with Gasteiger partial charge in [0.25, 0.3) is 5.91 Å². The second-order valence-corrected chi connectivity index (χ2v) is 7.84. The molecular weight excluding hydrogens is 348 g/mol. The zero-order chi connectivity index (χ0) is 19.9. The third kappa shape index (κ3) is 5.00. The highest BCUT2D eigenvalue weighted by molar-refractivity contribution is 5.94. The van der Waals surface area contributed by atoms with Crippen LogP contribution in [0.1, 0.15) is 67.9 Å². The topological polar surface area (TPSA) is 49.4 Å². The molecule has 1 aliphatic rings. The summed E-state index contributed by atoms with van der Waals surface area (Å²) in [5.41, 5.74) is 1.56. The molecular formula is C24H30N2O2. The first-order valence-corrected chi connectivity index (χ1v) is 10.3. The van der Waals surface area contributed by atoms with Gasteiger partial charge in [-0.25, -0.2) is 0 Å². The maximum atomic E-state index is 13.2. The standard InChI is InChI=1S/C24H30N2O2/c1-18(2)26(21-15-9-10-16-21)23(27)17-22(19-11-5-3-6-12-19)25-24(28)20-13-7-4-8-14-20/h3-8,11-14,18,21-22H,9-10,15-17H2,1-2H3,(H,25,28). The van der Waals surface area contributed by atoms with Gasteiger partial charge < -0.3 is 10.2 Å². The largest absolute Gasteiger partial charge is 0.345 e. The number of hydrogen-bond donors (Lipinski definition) is 1. The molecule has 1 N–H and O–H groups in total. The highest BCUT2D eigenvalue weighted by atomic mass is 16.2. The molecule has 2 amide bonds. The highest BCUT2D eigenvalue weighted by Gasteiger charge is 2.30. The van der Waals surface area contributed by atoms with Crippen LogP contribution in [0, 0.1) is 0 Å². The molecule has 4 heteroatoms. The summed E-state index contributed by atoms with van der Waals surface area (Å²) in [7, 11) is 0. The fraction of sp³-hybridized carbons (Fsp3) is 0.417. The van der Waals surface area contributed by atoms with Crippen LogP contribution in [0.25, 0.3) is 0 Å². The number of nitrogens with one attached hydrogen (secondary N) is 1. The maximum absolute atomic E-state index is 13.2. The predicted molar refractivity (Wildman–Crippen MR) is 112 cm³/mol. The summed E-state index contributed by atoms with van der Waals surface area (Å²) in [6.45, 7) is 4.16. The van der Waals surface area contributed by atoms with E-state index in [0.717, 1.165) is 18.4 Å². The maximum Gasteiger partial charge on any atom is 0.251 e. The minimum absolute atomic E-state index is 0.115. The van der Waals surface area contributed by atoms with Crippen LogP contribution < -0.4 is 5.32 Å². The summed E-state index contributed by atoms with van der Waals surface area (Å²) in [5.74, 6) is -0.0386. The van der Waals surface area contributed by atoms with E-state index in [1.54, 1.807) is 12.1 Å². The van der Waals surface area contributed by atoms with Gasteiger partial charge in [0.2, 0.25) is 5.91 Å². The first-order chi connectivity index (χ1) is 13.6. The van der Waals surface area contributed by atoms with Crippen molar-refractivity contribution in [2.24, 2.45) is 0 Å². The molecule has 2 aromatic carbocycles. The highest BCUT2D eigenvalue weighted by Crippen LogP contribution is 2.27. The van der Waals surface area contributed by atoms with Crippen LogP contribution in [0.15, 0.2) is 60.7 Å². The van der Waals surface area contributed by atoms with Crippen LogP contribution in [-0.4, -0.2) is 28.8 Å². The molecule has 1 saturated carbocycles. The second-order valence-electron chi connectivity index (χ2n) is 7.84. The molecule has 0 spiro atoms. The average Bonchev–Trinajstić information content (AvgIpc) is 3.22. The van der Waals surface area contributed by atoms with Crippen LogP contribution in [0.2, 0.25) is 0 Å². The smallest absolute Gasteiger partial charge is 0.251 e. The van der Waals surface area contributed by atoms with E-state index in [1.165, 1.54) is 12.8 Å². The molecule has 1 unspecified atom stereocenters. The molecule has 0 bridgehead atoms. The molecule has 1 fully saturated rings. The number of carbonyl (C=O) groups is 2. The van der Waals surface area contributed by atoms with Crippen molar-refractivity contribution in [2.45, 2.75) is 64.1 Å². The van der Waals surface area contributed by atoms with Crippen molar-refractivity contribution in [3.63, 3.8) is 0 Å². The van der Waals surface area contributed by atoms with Crippen molar-refractivity contribution in [3.8, 4) is 0 Å². The lowest BCUT2D eigenvalue weighted by atomic mass is 10.0. The lowest BCUT2D eigenvalue weighted by Gasteiger charge is -2.34. The normalized spacial score (nSPS) is 15.4. The Kier molecular flexibility index (Phi) is 6.85. The van der Waals surface area contributed by atoms with Crippen LogP contribution in [0.5, 0.6) is 0 Å². The van der Waals surface area contributed by atoms with Gasteiger partial charge in [-0.3, -0.25) is 9.59 Å². The van der Waals surface area contributed by atoms with Gasteiger partial charge in [0.05, 0.1) is 12.5 Å². The summed E-state index contributed by atoms with van der Waals surface area (Å²) < 4.78 is 0. The van der Waals surface area contributed by atoms with Gasteiger partial charge in [0.15, 0.2) is 0 Å². The molecule has 0 radical (unpaired) electrons. The van der Waals surface area contributed by atoms with Gasteiger partial charge in [-0.15, -0.1) is 0 Å². The number of amides is 2. The van der Waals surface area contributed by atoms with E-state index in [4.69, 9.17) is 0 Å². The van der Waals surface area contributed by atoms with Gasteiger partial charge >= 0.3 is 0 Å². The Bertz CT molecular complexity index is 768. The Morgan fingerprint density at radius 3 is 2.11 bits per heavy atom. The van der Waals surface area contributed by atoms with Gasteiger partial charge in [-0.2, -0.15) is 0 Å². The van der Waals surface area contributed by atoms with E-state index in [9.17, 15) is 9.59 Å². The molecule has 4 nitrogen and oxygen atoms in total. The zero-order valence-corrected chi connectivity index (χ0v) is 16.8. The Balaban J connectivity index is 1.78. The predicted octanol–water partition coefficient (Wildman–Crippen LogP) is 4.73. The van der Waals surface area contributed by atoms with Crippen LogP contribution in [-0.2, 0) is 4.79 Å². The molecule has 0 aliphatic heterocycles. The summed E-state index contributed by atoms with van der Waals surface area (Å²) >= 11 is 0. The monoisotopic (exact) mass is 378 g/mol. The van der Waals surface area contributed by atoms with E-state index in [-0.39, 0.29) is 30.3 Å². The van der Waals surface area contributed by atoms with Crippen molar-refractivity contribution in [2.75, 3.05) is 0 Å². The summed E-state index contributed by atoms with van der Waals surface area (Å²) in [5, 5.41) is 3.08.